The molecule has 1 heterocycles. The van der Waals surface area contributed by atoms with Crippen LogP contribution in [0.2, 0.25) is 0 Å². The maximum Gasteiger partial charge on any atom is 0.430 e. The van der Waals surface area contributed by atoms with Gasteiger partial charge < -0.3 is 10.5 Å². The lowest BCUT2D eigenvalue weighted by atomic mass is 9.99. The van der Waals surface area contributed by atoms with Gasteiger partial charge in [-0.15, -0.1) is 0 Å². The Labute approximate surface area is 95.8 Å². The lowest BCUT2D eigenvalue weighted by Crippen LogP contribution is -2.51. The van der Waals surface area contributed by atoms with Crippen LogP contribution in [0.5, 0.6) is 0 Å². The van der Waals surface area contributed by atoms with Gasteiger partial charge >= 0.3 is 6.09 Å². The molecule has 3 N–H and O–H groups in total. The third kappa shape index (κ3) is 3.18. The average Bonchev–Trinajstić information content (AvgIpc) is 2.31. The summed E-state index contributed by atoms with van der Waals surface area (Å²) in [7, 11) is 0. The largest absolute Gasteiger partial charge is 0.448 e. The Kier molecular flexibility index (Phi) is 5.21. The van der Waals surface area contributed by atoms with Gasteiger partial charge in [-0.05, 0) is 32.2 Å². The normalized spacial score (nSPS) is 21.5. The topological polar surface area (TPSA) is 82.7 Å². The van der Waals surface area contributed by atoms with Crippen molar-refractivity contribution in [3.05, 3.63) is 0 Å². The molecule has 0 aromatic rings. The van der Waals surface area contributed by atoms with Crippen LogP contribution in [0.25, 0.3) is 0 Å². The molecule has 1 saturated heterocycles. The molecule has 0 spiro atoms. The van der Waals surface area contributed by atoms with Gasteiger partial charge in [0.1, 0.15) is 6.34 Å². The van der Waals surface area contributed by atoms with Crippen molar-refractivity contribution in [2.75, 3.05) is 26.2 Å². The van der Waals surface area contributed by atoms with E-state index in [1.165, 1.54) is 5.01 Å². The Hall–Kier alpha value is -1.14. The number of amides is 1. The number of hydrazine groups is 1. The maximum absolute atomic E-state index is 11.5. The Balaban J connectivity index is 2.57. The molecular formula is C10H20N4O2. The highest BCUT2D eigenvalue weighted by Gasteiger charge is 2.26. The molecule has 0 unspecified atom stereocenters. The molecule has 0 radical (unpaired) electrons. The van der Waals surface area contributed by atoms with E-state index in [9.17, 15) is 4.79 Å². The van der Waals surface area contributed by atoms with E-state index in [0.717, 1.165) is 25.7 Å². The highest BCUT2D eigenvalue weighted by Crippen LogP contribution is 2.16. The fraction of sp³-hybridized carbons (Fsp3) is 0.800. The fourth-order valence-electron chi connectivity index (χ4n) is 1.87. The lowest BCUT2D eigenvalue weighted by molar-refractivity contribution is 0.00430. The Morgan fingerprint density at radius 1 is 1.75 bits per heavy atom. The molecule has 6 heteroatoms. The van der Waals surface area contributed by atoms with Crippen molar-refractivity contribution >= 4 is 12.4 Å². The van der Waals surface area contributed by atoms with Crippen molar-refractivity contribution in [1.29, 1.82) is 5.41 Å². The van der Waals surface area contributed by atoms with E-state index >= 15 is 0 Å². The van der Waals surface area contributed by atoms with E-state index < -0.39 is 6.09 Å². The van der Waals surface area contributed by atoms with Gasteiger partial charge in [0, 0.05) is 13.1 Å². The summed E-state index contributed by atoms with van der Waals surface area (Å²) < 4.78 is 4.88. The molecule has 1 amide bonds. The third-order valence-corrected chi connectivity index (χ3v) is 2.71. The van der Waals surface area contributed by atoms with Crippen molar-refractivity contribution in [3.63, 3.8) is 0 Å². The predicted molar refractivity (Wildman–Crippen MR) is 61.0 cm³/mol. The summed E-state index contributed by atoms with van der Waals surface area (Å²) in [5.41, 5.74) is 5.62. The van der Waals surface area contributed by atoms with Crippen LogP contribution in [0, 0.1) is 11.3 Å². The monoisotopic (exact) mass is 228 g/mol. The SMILES string of the molecule is CCOC(=O)N(C=N)N1CCC[C@@H](CN)C1. The number of ether oxygens (including phenoxy) is 1. The average molecular weight is 228 g/mol. The van der Waals surface area contributed by atoms with Crippen LogP contribution in [0.3, 0.4) is 0 Å². The molecule has 1 rings (SSSR count). The van der Waals surface area contributed by atoms with Crippen LogP contribution in [0.4, 0.5) is 4.79 Å². The Bertz CT molecular complexity index is 247. The summed E-state index contributed by atoms with van der Waals surface area (Å²) in [5, 5.41) is 10.3. The molecule has 16 heavy (non-hydrogen) atoms. The van der Waals surface area contributed by atoms with Gasteiger partial charge in [0.15, 0.2) is 0 Å². The standard InChI is InChI=1S/C10H20N4O2/c1-2-16-10(15)14(8-12)13-5-3-4-9(6-11)7-13/h8-9,12H,2-7,11H2,1H3/t9-/m0/s1. The first kappa shape index (κ1) is 12.9. The highest BCUT2D eigenvalue weighted by atomic mass is 16.6. The van der Waals surface area contributed by atoms with Gasteiger partial charge in [-0.3, -0.25) is 5.41 Å². The summed E-state index contributed by atoms with van der Waals surface area (Å²) >= 11 is 0. The minimum Gasteiger partial charge on any atom is -0.448 e. The Morgan fingerprint density at radius 3 is 3.06 bits per heavy atom. The van der Waals surface area contributed by atoms with Crippen LogP contribution in [0.15, 0.2) is 0 Å². The minimum absolute atomic E-state index is 0.317. The van der Waals surface area contributed by atoms with Crippen molar-refractivity contribution in [2.24, 2.45) is 11.7 Å². The maximum atomic E-state index is 11.5. The molecular weight excluding hydrogens is 208 g/mol. The number of piperidine rings is 1. The van der Waals surface area contributed by atoms with Gasteiger partial charge in [-0.1, -0.05) is 0 Å². The number of hydrogen-bond acceptors (Lipinski definition) is 5. The number of nitrogens with one attached hydrogen (secondary N) is 1. The van der Waals surface area contributed by atoms with Gasteiger partial charge in [-0.2, -0.15) is 5.01 Å². The zero-order chi connectivity index (χ0) is 12.0. The number of carbonyl (C=O) groups excluding carboxylic acids is 1. The van der Waals surface area contributed by atoms with Crippen LogP contribution in [0.1, 0.15) is 19.8 Å². The van der Waals surface area contributed by atoms with E-state index in [-0.39, 0.29) is 0 Å². The fourth-order valence-corrected chi connectivity index (χ4v) is 1.87. The number of carbonyl (C=O) groups is 1. The van der Waals surface area contributed by atoms with Crippen molar-refractivity contribution < 1.29 is 9.53 Å². The second-order valence-corrected chi connectivity index (χ2v) is 3.83. The first-order valence-corrected chi connectivity index (χ1v) is 5.64. The van der Waals surface area contributed by atoms with Crippen LogP contribution >= 0.6 is 0 Å². The molecule has 6 nitrogen and oxygen atoms in total. The molecule has 1 atom stereocenters. The number of rotatable bonds is 4. The molecule has 0 saturated carbocycles. The van der Waals surface area contributed by atoms with Crippen molar-refractivity contribution in [1.82, 2.24) is 10.0 Å². The summed E-state index contributed by atoms with van der Waals surface area (Å²) in [6, 6.07) is 0. The van der Waals surface area contributed by atoms with Crippen molar-refractivity contribution in [2.45, 2.75) is 19.8 Å². The van der Waals surface area contributed by atoms with Gasteiger partial charge in [-0.25, -0.2) is 9.80 Å². The summed E-state index contributed by atoms with van der Waals surface area (Å²) in [6.45, 7) is 4.16. The van der Waals surface area contributed by atoms with Crippen LogP contribution in [-0.4, -0.2) is 48.7 Å². The predicted octanol–water partition coefficient (Wildman–Crippen LogP) is 0.638. The van der Waals surface area contributed by atoms with Gasteiger partial charge in [0.25, 0.3) is 0 Å². The molecule has 1 aliphatic heterocycles. The first-order valence-electron chi connectivity index (χ1n) is 5.64. The summed E-state index contributed by atoms with van der Waals surface area (Å²) in [6.07, 6.45) is 2.58. The first-order chi connectivity index (χ1) is 7.72. The van der Waals surface area contributed by atoms with Gasteiger partial charge in [0.2, 0.25) is 0 Å². The van der Waals surface area contributed by atoms with E-state index in [4.69, 9.17) is 15.9 Å². The Morgan fingerprint density at radius 2 is 2.50 bits per heavy atom. The molecule has 1 fully saturated rings. The highest BCUT2D eigenvalue weighted by molar-refractivity contribution is 5.80. The zero-order valence-electron chi connectivity index (χ0n) is 9.69. The van der Waals surface area contributed by atoms with E-state index in [2.05, 4.69) is 0 Å². The van der Waals surface area contributed by atoms with E-state index in [1.807, 2.05) is 5.01 Å². The molecule has 0 aromatic carbocycles. The second kappa shape index (κ2) is 6.44. The van der Waals surface area contributed by atoms with Crippen molar-refractivity contribution in [3.8, 4) is 0 Å². The summed E-state index contributed by atoms with van der Waals surface area (Å²) in [5.74, 6) is 0.394. The third-order valence-electron chi connectivity index (χ3n) is 2.71. The quantitative estimate of drug-likeness (QED) is 0.546. The number of nitrogens with zero attached hydrogens (tertiary/aromatic N) is 2. The smallest absolute Gasteiger partial charge is 0.430 e. The number of nitrogens with two attached hydrogens (primary N) is 1. The molecule has 0 aliphatic carbocycles. The van der Waals surface area contributed by atoms with Crippen LogP contribution < -0.4 is 5.73 Å². The molecule has 1 aliphatic rings. The summed E-state index contributed by atoms with van der Waals surface area (Å²) in [4.78, 5) is 11.5. The van der Waals surface area contributed by atoms with E-state index in [0.29, 0.717) is 25.6 Å². The zero-order valence-corrected chi connectivity index (χ0v) is 9.69. The minimum atomic E-state index is -0.491. The van der Waals surface area contributed by atoms with E-state index in [1.54, 1.807) is 6.92 Å². The van der Waals surface area contributed by atoms with Crippen LogP contribution in [-0.2, 0) is 4.74 Å². The van der Waals surface area contributed by atoms with Gasteiger partial charge in [0.05, 0.1) is 6.61 Å². The number of hydrogen-bond donors (Lipinski definition) is 2. The molecule has 0 bridgehead atoms. The molecule has 0 aromatic heterocycles. The lowest BCUT2D eigenvalue weighted by Gasteiger charge is -2.36. The second-order valence-electron chi connectivity index (χ2n) is 3.83. The molecule has 92 valence electrons.